The first kappa shape index (κ1) is 9.63. The minimum absolute atomic E-state index is 0.0370. The average Bonchev–Trinajstić information content (AvgIpc) is 2.00. The molecule has 0 aromatic carbocycles. The third-order valence-corrected chi connectivity index (χ3v) is 1.93. The third-order valence-electron chi connectivity index (χ3n) is 1.93. The van der Waals surface area contributed by atoms with E-state index in [2.05, 4.69) is 0 Å². The molecule has 0 aliphatic heterocycles. The highest BCUT2D eigenvalue weighted by molar-refractivity contribution is 5.80. The maximum absolute atomic E-state index is 11.0. The van der Waals surface area contributed by atoms with Crippen molar-refractivity contribution in [1.82, 2.24) is 0 Å². The molecule has 0 aliphatic rings. The molecule has 0 bridgehead atoms. The van der Waals surface area contributed by atoms with Crippen molar-refractivity contribution < 1.29 is 9.53 Å². The van der Waals surface area contributed by atoms with Crippen LogP contribution in [0.1, 0.15) is 27.2 Å². The Morgan fingerprint density at radius 1 is 1.50 bits per heavy atom. The van der Waals surface area contributed by atoms with E-state index in [4.69, 9.17) is 4.74 Å². The van der Waals surface area contributed by atoms with Crippen molar-refractivity contribution in [2.75, 3.05) is 7.11 Å². The number of ketones is 1. The number of ether oxygens (including phenoxy) is 1. The lowest BCUT2D eigenvalue weighted by molar-refractivity contribution is -0.125. The van der Waals surface area contributed by atoms with Crippen molar-refractivity contribution in [1.29, 1.82) is 0 Å². The van der Waals surface area contributed by atoms with E-state index in [-0.39, 0.29) is 17.8 Å². The number of rotatable bonds is 4. The fraction of sp³-hybridized carbons (Fsp3) is 0.875. The summed E-state index contributed by atoms with van der Waals surface area (Å²) in [4.78, 5) is 11.0. The van der Waals surface area contributed by atoms with E-state index in [1.165, 1.54) is 0 Å². The molecular formula is C8H16O2. The highest BCUT2D eigenvalue weighted by atomic mass is 16.5. The van der Waals surface area contributed by atoms with Crippen molar-refractivity contribution in [3.63, 3.8) is 0 Å². The summed E-state index contributed by atoms with van der Waals surface area (Å²) in [5.74, 6) is 0.310. The maximum Gasteiger partial charge on any atom is 0.138 e. The number of Topliss-reactive ketones (excluding diaryl/α,β-unsaturated/α-hetero) is 1. The van der Waals surface area contributed by atoms with Crippen molar-refractivity contribution in [2.45, 2.75) is 33.3 Å². The monoisotopic (exact) mass is 144 g/mol. The lowest BCUT2D eigenvalue weighted by Crippen LogP contribution is -2.23. The second-order valence-electron chi connectivity index (χ2n) is 2.55. The van der Waals surface area contributed by atoms with Gasteiger partial charge in [-0.25, -0.2) is 0 Å². The Kier molecular flexibility index (Phi) is 4.28. The SMILES string of the molecule is CCC(=O)C(C)C(C)OC. The number of hydrogen-bond acceptors (Lipinski definition) is 2. The smallest absolute Gasteiger partial charge is 0.138 e. The van der Waals surface area contributed by atoms with Crippen LogP contribution in [0.2, 0.25) is 0 Å². The molecule has 0 spiro atoms. The third kappa shape index (κ3) is 2.48. The van der Waals surface area contributed by atoms with E-state index < -0.39 is 0 Å². The Morgan fingerprint density at radius 2 is 2.00 bits per heavy atom. The van der Waals surface area contributed by atoms with Crippen LogP contribution in [-0.2, 0) is 9.53 Å². The lowest BCUT2D eigenvalue weighted by Gasteiger charge is -2.15. The summed E-state index contributed by atoms with van der Waals surface area (Å²) in [6, 6.07) is 0. The van der Waals surface area contributed by atoms with Crippen LogP contribution in [0, 0.1) is 5.92 Å². The Balaban J connectivity index is 3.81. The van der Waals surface area contributed by atoms with Crippen LogP contribution in [0.25, 0.3) is 0 Å². The molecule has 0 saturated heterocycles. The number of methoxy groups -OCH3 is 1. The van der Waals surface area contributed by atoms with Crippen LogP contribution >= 0.6 is 0 Å². The quantitative estimate of drug-likeness (QED) is 0.599. The first-order valence-corrected chi connectivity index (χ1v) is 3.69. The highest BCUT2D eigenvalue weighted by Gasteiger charge is 2.17. The van der Waals surface area contributed by atoms with Crippen molar-refractivity contribution in [3.8, 4) is 0 Å². The zero-order valence-corrected chi connectivity index (χ0v) is 7.18. The van der Waals surface area contributed by atoms with Crippen molar-refractivity contribution in [3.05, 3.63) is 0 Å². The van der Waals surface area contributed by atoms with Gasteiger partial charge in [-0.3, -0.25) is 4.79 Å². The van der Waals surface area contributed by atoms with E-state index in [1.807, 2.05) is 20.8 Å². The normalized spacial score (nSPS) is 16.4. The van der Waals surface area contributed by atoms with Gasteiger partial charge in [0.05, 0.1) is 6.10 Å². The molecule has 2 unspecified atom stereocenters. The molecule has 0 radical (unpaired) electrons. The minimum Gasteiger partial charge on any atom is -0.381 e. The topological polar surface area (TPSA) is 26.3 Å². The maximum atomic E-state index is 11.0. The fourth-order valence-corrected chi connectivity index (χ4v) is 0.788. The van der Waals surface area contributed by atoms with Crippen LogP contribution < -0.4 is 0 Å². The van der Waals surface area contributed by atoms with Crippen LogP contribution in [0.4, 0.5) is 0 Å². The zero-order valence-electron chi connectivity index (χ0n) is 7.18. The second-order valence-corrected chi connectivity index (χ2v) is 2.55. The van der Waals surface area contributed by atoms with Gasteiger partial charge in [-0.15, -0.1) is 0 Å². The Bertz CT molecular complexity index is 110. The predicted molar refractivity (Wildman–Crippen MR) is 40.9 cm³/mol. The molecule has 60 valence electrons. The summed E-state index contributed by atoms with van der Waals surface area (Å²) in [5, 5.41) is 0. The first-order valence-electron chi connectivity index (χ1n) is 3.69. The van der Waals surface area contributed by atoms with Gasteiger partial charge in [0, 0.05) is 19.4 Å². The molecule has 2 atom stereocenters. The number of carbonyl (C=O) groups is 1. The first-order chi connectivity index (χ1) is 4.63. The fourth-order valence-electron chi connectivity index (χ4n) is 0.788. The van der Waals surface area contributed by atoms with Gasteiger partial charge in [-0.2, -0.15) is 0 Å². The Hall–Kier alpha value is -0.370. The Morgan fingerprint density at radius 3 is 2.30 bits per heavy atom. The summed E-state index contributed by atoms with van der Waals surface area (Å²) in [7, 11) is 1.63. The van der Waals surface area contributed by atoms with E-state index in [0.717, 1.165) is 0 Å². The largest absolute Gasteiger partial charge is 0.381 e. The number of carbonyl (C=O) groups excluding carboxylic acids is 1. The molecule has 0 N–H and O–H groups in total. The lowest BCUT2D eigenvalue weighted by atomic mass is 9.99. The van der Waals surface area contributed by atoms with E-state index in [0.29, 0.717) is 6.42 Å². The molecule has 2 nitrogen and oxygen atoms in total. The van der Waals surface area contributed by atoms with Gasteiger partial charge in [0.25, 0.3) is 0 Å². The minimum atomic E-state index is 0.0370. The van der Waals surface area contributed by atoms with Gasteiger partial charge in [0.1, 0.15) is 5.78 Å². The second kappa shape index (κ2) is 4.45. The van der Waals surface area contributed by atoms with Gasteiger partial charge in [-0.05, 0) is 6.92 Å². The molecule has 0 fully saturated rings. The molecule has 0 amide bonds. The number of hydrogen-bond donors (Lipinski definition) is 0. The Labute approximate surface area is 62.6 Å². The van der Waals surface area contributed by atoms with E-state index in [1.54, 1.807) is 7.11 Å². The summed E-state index contributed by atoms with van der Waals surface area (Å²) >= 11 is 0. The molecular weight excluding hydrogens is 128 g/mol. The molecule has 2 heteroatoms. The highest BCUT2D eigenvalue weighted by Crippen LogP contribution is 2.08. The van der Waals surface area contributed by atoms with Crippen molar-refractivity contribution >= 4 is 5.78 Å². The summed E-state index contributed by atoms with van der Waals surface area (Å²) in [6.45, 7) is 5.69. The molecule has 0 aromatic rings. The van der Waals surface area contributed by atoms with Gasteiger partial charge < -0.3 is 4.74 Å². The molecule has 0 aliphatic carbocycles. The van der Waals surface area contributed by atoms with Crippen LogP contribution in [0.15, 0.2) is 0 Å². The van der Waals surface area contributed by atoms with E-state index >= 15 is 0 Å². The van der Waals surface area contributed by atoms with Gasteiger partial charge in [0.15, 0.2) is 0 Å². The summed E-state index contributed by atoms with van der Waals surface area (Å²) < 4.78 is 5.01. The summed E-state index contributed by atoms with van der Waals surface area (Å²) in [6.07, 6.45) is 0.655. The van der Waals surface area contributed by atoms with Crippen molar-refractivity contribution in [2.24, 2.45) is 5.92 Å². The predicted octanol–water partition coefficient (Wildman–Crippen LogP) is 1.64. The van der Waals surface area contributed by atoms with Gasteiger partial charge >= 0.3 is 0 Å². The average molecular weight is 144 g/mol. The molecule has 0 saturated carbocycles. The van der Waals surface area contributed by atoms with Gasteiger partial charge in [-0.1, -0.05) is 13.8 Å². The zero-order chi connectivity index (χ0) is 8.15. The van der Waals surface area contributed by atoms with Gasteiger partial charge in [0.2, 0.25) is 0 Å². The summed E-state index contributed by atoms with van der Waals surface area (Å²) in [5.41, 5.74) is 0. The van der Waals surface area contributed by atoms with Crippen LogP contribution in [-0.4, -0.2) is 19.0 Å². The molecule has 0 rings (SSSR count). The van der Waals surface area contributed by atoms with Crippen LogP contribution in [0.5, 0.6) is 0 Å². The molecule has 10 heavy (non-hydrogen) atoms. The molecule has 0 aromatic heterocycles. The standard InChI is InChI=1S/C8H16O2/c1-5-8(9)6(2)7(3)10-4/h6-7H,5H2,1-4H3. The van der Waals surface area contributed by atoms with E-state index in [9.17, 15) is 4.79 Å². The van der Waals surface area contributed by atoms with Crippen LogP contribution in [0.3, 0.4) is 0 Å². The molecule has 0 heterocycles.